The van der Waals surface area contributed by atoms with Crippen molar-refractivity contribution in [3.63, 3.8) is 0 Å². The monoisotopic (exact) mass is 518 g/mol. The van der Waals surface area contributed by atoms with Crippen LogP contribution in [0, 0.1) is 0 Å². The Balaban J connectivity index is 1.91. The molecule has 3 aromatic rings. The standard InChI is InChI=1S/C21H19Cl2F3N4O4/c22-13-7-5-12(6-8-13)19-28-30(20(34)29(19)9-17(32)21(24,25)26)10-18(33)27-16(11-31)14-3-1-2-4-15(14)23/h1-8,16-17,31-32H,9-11H2,(H,27,33). The van der Waals surface area contributed by atoms with Gasteiger partial charge in [-0.3, -0.25) is 9.36 Å². The Kier molecular flexibility index (Phi) is 8.03. The molecule has 3 N–H and O–H groups in total. The Labute approximate surface area is 201 Å². The van der Waals surface area contributed by atoms with Crippen LogP contribution < -0.4 is 11.0 Å². The molecule has 2 unspecified atom stereocenters. The molecule has 8 nitrogen and oxygen atoms in total. The van der Waals surface area contributed by atoms with Gasteiger partial charge < -0.3 is 15.5 Å². The number of rotatable bonds is 8. The minimum absolute atomic E-state index is 0.192. The van der Waals surface area contributed by atoms with Crippen molar-refractivity contribution in [2.45, 2.75) is 31.4 Å². The highest BCUT2D eigenvalue weighted by molar-refractivity contribution is 6.31. The number of halogens is 5. The number of carbonyl (C=O) groups is 1. The maximum Gasteiger partial charge on any atom is 0.416 e. The van der Waals surface area contributed by atoms with E-state index in [-0.39, 0.29) is 11.4 Å². The lowest BCUT2D eigenvalue weighted by molar-refractivity contribution is -0.207. The van der Waals surface area contributed by atoms with E-state index < -0.39 is 49.6 Å². The van der Waals surface area contributed by atoms with Gasteiger partial charge in [0, 0.05) is 15.6 Å². The summed E-state index contributed by atoms with van der Waals surface area (Å²) in [6.07, 6.45) is -7.80. The highest BCUT2D eigenvalue weighted by Crippen LogP contribution is 2.24. The maximum atomic E-state index is 12.9. The SMILES string of the molecule is O=C(Cn1nc(-c2ccc(Cl)cc2)n(CC(O)C(F)(F)F)c1=O)NC(CO)c1ccccc1Cl. The second-order valence-corrected chi connectivity index (χ2v) is 8.11. The first kappa shape index (κ1) is 25.8. The topological polar surface area (TPSA) is 109 Å². The van der Waals surface area contributed by atoms with E-state index in [0.29, 0.717) is 24.9 Å². The second-order valence-electron chi connectivity index (χ2n) is 7.26. The normalized spacial score (nSPS) is 13.5. The smallest absolute Gasteiger partial charge is 0.394 e. The zero-order valence-corrected chi connectivity index (χ0v) is 18.8. The number of benzene rings is 2. The van der Waals surface area contributed by atoms with Gasteiger partial charge in [-0.15, -0.1) is 5.10 Å². The van der Waals surface area contributed by atoms with Crippen molar-refractivity contribution in [2.24, 2.45) is 0 Å². The summed E-state index contributed by atoms with van der Waals surface area (Å²) in [6.45, 7) is -2.27. The number of aromatic nitrogens is 3. The van der Waals surface area contributed by atoms with Gasteiger partial charge >= 0.3 is 11.9 Å². The van der Waals surface area contributed by atoms with Gasteiger partial charge in [-0.05, 0) is 35.9 Å². The third-order valence-electron chi connectivity index (χ3n) is 4.85. The fourth-order valence-corrected chi connectivity index (χ4v) is 3.55. The number of carbonyl (C=O) groups excluding carboxylic acids is 1. The predicted octanol–water partition coefficient (Wildman–Crippen LogP) is 2.79. The van der Waals surface area contributed by atoms with Crippen LogP contribution in [0.3, 0.4) is 0 Å². The summed E-state index contributed by atoms with van der Waals surface area (Å²) in [5, 5.41) is 26.3. The van der Waals surface area contributed by atoms with E-state index in [1.54, 1.807) is 24.3 Å². The Bertz CT molecular complexity index is 1210. The average molecular weight is 519 g/mol. The quantitative estimate of drug-likeness (QED) is 0.424. The largest absolute Gasteiger partial charge is 0.416 e. The molecule has 0 spiro atoms. The van der Waals surface area contributed by atoms with E-state index in [1.165, 1.54) is 24.3 Å². The summed E-state index contributed by atoms with van der Waals surface area (Å²) in [5.74, 6) is -0.938. The molecule has 0 aliphatic carbocycles. The molecule has 0 saturated heterocycles. The molecular weight excluding hydrogens is 500 g/mol. The van der Waals surface area contributed by atoms with Crippen molar-refractivity contribution in [1.82, 2.24) is 19.7 Å². The Hall–Kier alpha value is -2.86. The van der Waals surface area contributed by atoms with Gasteiger partial charge in [0.1, 0.15) is 6.54 Å². The minimum Gasteiger partial charge on any atom is -0.394 e. The summed E-state index contributed by atoms with van der Waals surface area (Å²) < 4.78 is 40.1. The number of nitrogens with one attached hydrogen (secondary N) is 1. The zero-order valence-electron chi connectivity index (χ0n) is 17.3. The molecule has 0 bridgehead atoms. The molecular formula is C21H19Cl2F3N4O4. The molecule has 1 aromatic heterocycles. The summed E-state index contributed by atoms with van der Waals surface area (Å²) >= 11 is 11.9. The van der Waals surface area contributed by atoms with Gasteiger partial charge in [0.25, 0.3) is 0 Å². The van der Waals surface area contributed by atoms with Gasteiger partial charge in [-0.2, -0.15) is 13.2 Å². The third-order valence-corrected chi connectivity index (χ3v) is 5.45. The van der Waals surface area contributed by atoms with Crippen molar-refractivity contribution < 1.29 is 28.2 Å². The van der Waals surface area contributed by atoms with Gasteiger partial charge in [0.15, 0.2) is 11.9 Å². The van der Waals surface area contributed by atoms with E-state index >= 15 is 0 Å². The van der Waals surface area contributed by atoms with Crippen LogP contribution in [0.1, 0.15) is 11.6 Å². The molecule has 13 heteroatoms. The Morgan fingerprint density at radius 1 is 1.12 bits per heavy atom. The molecule has 1 heterocycles. The Morgan fingerprint density at radius 2 is 1.76 bits per heavy atom. The van der Waals surface area contributed by atoms with Crippen molar-refractivity contribution in [2.75, 3.05) is 6.61 Å². The predicted molar refractivity (Wildman–Crippen MR) is 118 cm³/mol. The lowest BCUT2D eigenvalue weighted by atomic mass is 10.1. The first-order chi connectivity index (χ1) is 16.0. The van der Waals surface area contributed by atoms with E-state index in [4.69, 9.17) is 23.2 Å². The van der Waals surface area contributed by atoms with Crippen molar-refractivity contribution in [3.05, 3.63) is 74.6 Å². The van der Waals surface area contributed by atoms with Gasteiger partial charge in [-0.25, -0.2) is 9.48 Å². The molecule has 0 fully saturated rings. The molecule has 0 radical (unpaired) electrons. The third kappa shape index (κ3) is 5.98. The molecule has 0 saturated carbocycles. The van der Waals surface area contributed by atoms with Crippen LogP contribution in [0.25, 0.3) is 11.4 Å². The zero-order chi connectivity index (χ0) is 25.0. The number of hydrogen-bond donors (Lipinski definition) is 3. The van der Waals surface area contributed by atoms with Crippen LogP contribution in [0.2, 0.25) is 10.0 Å². The first-order valence-electron chi connectivity index (χ1n) is 9.84. The molecule has 2 atom stereocenters. The molecule has 0 aliphatic rings. The molecule has 182 valence electrons. The second kappa shape index (κ2) is 10.6. The number of aliphatic hydroxyl groups excluding tert-OH is 2. The van der Waals surface area contributed by atoms with Crippen molar-refractivity contribution in [3.8, 4) is 11.4 Å². The fourth-order valence-electron chi connectivity index (χ4n) is 3.15. The highest BCUT2D eigenvalue weighted by atomic mass is 35.5. The lowest BCUT2D eigenvalue weighted by Crippen LogP contribution is -2.39. The molecule has 2 aromatic carbocycles. The fraction of sp³-hybridized carbons (Fsp3) is 0.286. The number of hydrogen-bond acceptors (Lipinski definition) is 5. The van der Waals surface area contributed by atoms with Crippen LogP contribution in [-0.4, -0.2) is 49.4 Å². The molecule has 3 rings (SSSR count). The van der Waals surface area contributed by atoms with E-state index in [9.17, 15) is 33.0 Å². The average Bonchev–Trinajstić information content (AvgIpc) is 3.07. The Morgan fingerprint density at radius 3 is 2.35 bits per heavy atom. The summed E-state index contributed by atoms with van der Waals surface area (Å²) in [5.41, 5.74) is -0.353. The van der Waals surface area contributed by atoms with Crippen LogP contribution >= 0.6 is 23.2 Å². The van der Waals surface area contributed by atoms with E-state index in [1.807, 2.05) is 0 Å². The summed E-state index contributed by atoms with van der Waals surface area (Å²) in [6, 6.07) is 11.4. The van der Waals surface area contributed by atoms with Crippen LogP contribution in [-0.2, 0) is 17.9 Å². The number of amides is 1. The molecule has 1 amide bonds. The summed E-state index contributed by atoms with van der Waals surface area (Å²) in [4.78, 5) is 25.4. The number of alkyl halides is 3. The van der Waals surface area contributed by atoms with Gasteiger partial charge in [0.2, 0.25) is 5.91 Å². The number of nitrogens with zero attached hydrogens (tertiary/aromatic N) is 3. The van der Waals surface area contributed by atoms with Crippen LogP contribution in [0.4, 0.5) is 13.2 Å². The van der Waals surface area contributed by atoms with Crippen LogP contribution in [0.15, 0.2) is 53.3 Å². The van der Waals surface area contributed by atoms with E-state index in [2.05, 4.69) is 10.4 Å². The van der Waals surface area contributed by atoms with Gasteiger partial charge in [-0.1, -0.05) is 41.4 Å². The lowest BCUT2D eigenvalue weighted by Gasteiger charge is -2.17. The highest BCUT2D eigenvalue weighted by Gasteiger charge is 2.39. The first-order valence-corrected chi connectivity index (χ1v) is 10.6. The number of aliphatic hydroxyl groups is 2. The van der Waals surface area contributed by atoms with Crippen molar-refractivity contribution >= 4 is 29.1 Å². The summed E-state index contributed by atoms with van der Waals surface area (Å²) in [7, 11) is 0. The van der Waals surface area contributed by atoms with Crippen molar-refractivity contribution in [1.29, 1.82) is 0 Å². The maximum absolute atomic E-state index is 12.9. The molecule has 34 heavy (non-hydrogen) atoms. The molecule has 0 aliphatic heterocycles. The van der Waals surface area contributed by atoms with E-state index in [0.717, 1.165) is 0 Å². The van der Waals surface area contributed by atoms with Crippen LogP contribution in [0.5, 0.6) is 0 Å². The van der Waals surface area contributed by atoms with Gasteiger partial charge in [0.05, 0.1) is 19.2 Å². The minimum atomic E-state index is -4.97.